The summed E-state index contributed by atoms with van der Waals surface area (Å²) in [6.45, 7) is 3.40. The number of benzene rings is 1. The first-order valence-corrected chi connectivity index (χ1v) is 7.19. The zero-order valence-corrected chi connectivity index (χ0v) is 11.4. The van der Waals surface area contributed by atoms with Crippen LogP contribution in [0.25, 0.3) is 0 Å². The summed E-state index contributed by atoms with van der Waals surface area (Å²) in [7, 11) is 0. The summed E-state index contributed by atoms with van der Waals surface area (Å²) >= 11 is 0. The zero-order valence-electron chi connectivity index (χ0n) is 11.4. The Morgan fingerprint density at radius 1 is 1.21 bits per heavy atom. The van der Waals surface area contributed by atoms with Gasteiger partial charge in [-0.25, -0.2) is 4.39 Å². The van der Waals surface area contributed by atoms with Gasteiger partial charge in [-0.15, -0.1) is 0 Å². The number of rotatable bonds is 6. The Bertz CT molecular complexity index is 478. The Kier molecular flexibility index (Phi) is 3.29. The van der Waals surface area contributed by atoms with Crippen LogP contribution in [0.15, 0.2) is 18.2 Å². The van der Waals surface area contributed by atoms with Gasteiger partial charge in [0, 0.05) is 13.1 Å². The van der Waals surface area contributed by atoms with Gasteiger partial charge in [-0.3, -0.25) is 4.79 Å². The second kappa shape index (κ2) is 4.95. The largest absolute Gasteiger partial charge is 0.370 e. The van der Waals surface area contributed by atoms with Gasteiger partial charge in [-0.2, -0.15) is 0 Å². The fraction of sp³-hybridized carbons (Fsp3) is 0.562. The predicted molar refractivity (Wildman–Crippen MR) is 74.1 cm³/mol. The summed E-state index contributed by atoms with van der Waals surface area (Å²) in [5, 5.41) is 0. The highest BCUT2D eigenvalue weighted by Gasteiger charge is 2.31. The average molecular weight is 261 g/mol. The molecule has 2 aliphatic rings. The number of hydrogen-bond acceptors (Lipinski definition) is 2. The van der Waals surface area contributed by atoms with Gasteiger partial charge in [-0.1, -0.05) is 6.07 Å². The molecule has 0 heterocycles. The molecule has 1 aromatic rings. The minimum Gasteiger partial charge on any atom is -0.370 e. The van der Waals surface area contributed by atoms with Crippen LogP contribution >= 0.6 is 0 Å². The van der Waals surface area contributed by atoms with Crippen LogP contribution in [0.2, 0.25) is 0 Å². The van der Waals surface area contributed by atoms with E-state index in [1.165, 1.54) is 38.7 Å². The first kappa shape index (κ1) is 12.6. The lowest BCUT2D eigenvalue weighted by Gasteiger charge is -2.27. The number of anilines is 1. The molecule has 19 heavy (non-hydrogen) atoms. The molecule has 0 atom stereocenters. The molecule has 102 valence electrons. The van der Waals surface area contributed by atoms with E-state index in [1.54, 1.807) is 6.07 Å². The number of nitrogens with zero attached hydrogens (tertiary/aromatic N) is 1. The molecule has 3 heteroatoms. The normalized spacial score (nSPS) is 18.4. The maximum Gasteiger partial charge on any atom is 0.164 e. The number of halogens is 1. The second-order valence-corrected chi connectivity index (χ2v) is 5.98. The SMILES string of the molecule is CC(=O)c1c(F)cccc1N(CC1CC1)CC1CC1. The average Bonchev–Trinajstić information content (AvgIpc) is 3.22. The third-order valence-electron chi connectivity index (χ3n) is 4.04. The van der Waals surface area contributed by atoms with E-state index in [2.05, 4.69) is 4.90 Å². The minimum absolute atomic E-state index is 0.176. The smallest absolute Gasteiger partial charge is 0.164 e. The number of ketones is 1. The molecule has 2 nitrogen and oxygen atoms in total. The third kappa shape index (κ3) is 2.96. The molecular formula is C16H20FNO. The molecule has 0 saturated heterocycles. The van der Waals surface area contributed by atoms with Gasteiger partial charge in [0.1, 0.15) is 5.82 Å². The van der Waals surface area contributed by atoms with Crippen molar-refractivity contribution in [1.82, 2.24) is 0 Å². The van der Waals surface area contributed by atoms with Crippen LogP contribution in [0.4, 0.5) is 10.1 Å². The van der Waals surface area contributed by atoms with E-state index < -0.39 is 0 Å². The van der Waals surface area contributed by atoms with Crippen LogP contribution in [0.1, 0.15) is 43.0 Å². The quantitative estimate of drug-likeness (QED) is 0.728. The number of hydrogen-bond donors (Lipinski definition) is 0. The highest BCUT2D eigenvalue weighted by Crippen LogP contribution is 2.37. The van der Waals surface area contributed by atoms with Crippen LogP contribution in [0.3, 0.4) is 0 Å². The fourth-order valence-electron chi connectivity index (χ4n) is 2.62. The van der Waals surface area contributed by atoms with E-state index in [0.717, 1.165) is 30.6 Å². The van der Waals surface area contributed by atoms with Gasteiger partial charge < -0.3 is 4.90 Å². The van der Waals surface area contributed by atoms with Gasteiger partial charge in [0.2, 0.25) is 0 Å². The first-order valence-electron chi connectivity index (χ1n) is 7.19. The zero-order chi connectivity index (χ0) is 13.4. The summed E-state index contributed by atoms with van der Waals surface area (Å²) in [5.41, 5.74) is 1.06. The molecule has 1 aromatic carbocycles. The van der Waals surface area contributed by atoms with Crippen molar-refractivity contribution in [3.63, 3.8) is 0 Å². The molecule has 2 fully saturated rings. The van der Waals surface area contributed by atoms with E-state index in [9.17, 15) is 9.18 Å². The molecular weight excluding hydrogens is 241 g/mol. The van der Waals surface area contributed by atoms with Gasteiger partial charge in [0.25, 0.3) is 0 Å². The van der Waals surface area contributed by atoms with Crippen LogP contribution in [0, 0.1) is 17.7 Å². The maximum atomic E-state index is 13.9. The third-order valence-corrected chi connectivity index (χ3v) is 4.04. The monoisotopic (exact) mass is 261 g/mol. The van der Waals surface area contributed by atoms with Gasteiger partial charge in [0.05, 0.1) is 11.3 Å². The van der Waals surface area contributed by atoms with Crippen molar-refractivity contribution in [2.75, 3.05) is 18.0 Å². The molecule has 0 aliphatic heterocycles. The lowest BCUT2D eigenvalue weighted by Crippen LogP contribution is -2.29. The Morgan fingerprint density at radius 2 is 1.79 bits per heavy atom. The van der Waals surface area contributed by atoms with E-state index >= 15 is 0 Å². The minimum atomic E-state index is -0.387. The summed E-state index contributed by atoms with van der Waals surface area (Å²) in [6, 6.07) is 4.99. The molecule has 0 spiro atoms. The van der Waals surface area contributed by atoms with Gasteiger partial charge in [-0.05, 0) is 56.6 Å². The van der Waals surface area contributed by atoms with Crippen LogP contribution in [-0.2, 0) is 0 Å². The van der Waals surface area contributed by atoms with Crippen molar-refractivity contribution in [2.24, 2.45) is 11.8 Å². The number of carbonyl (C=O) groups is 1. The van der Waals surface area contributed by atoms with Crippen molar-refractivity contribution in [3.8, 4) is 0 Å². The molecule has 0 unspecified atom stereocenters. The van der Waals surface area contributed by atoms with Crippen molar-refractivity contribution in [3.05, 3.63) is 29.6 Å². The molecule has 2 aliphatic carbocycles. The van der Waals surface area contributed by atoms with Gasteiger partial charge in [0.15, 0.2) is 5.78 Å². The standard InChI is InChI=1S/C16H20FNO/c1-11(19)16-14(17)3-2-4-15(16)18(9-12-5-6-12)10-13-7-8-13/h2-4,12-13H,5-10H2,1H3. The van der Waals surface area contributed by atoms with Crippen molar-refractivity contribution >= 4 is 11.5 Å². The molecule has 0 aromatic heterocycles. The van der Waals surface area contributed by atoms with E-state index in [0.29, 0.717) is 0 Å². The first-order chi connectivity index (χ1) is 9.15. The molecule has 0 bridgehead atoms. The Balaban J connectivity index is 1.90. The number of Topliss-reactive ketones (excluding diaryl/α,β-unsaturated/α-hetero) is 1. The molecule has 0 amide bonds. The maximum absolute atomic E-state index is 13.9. The lowest BCUT2D eigenvalue weighted by atomic mass is 10.1. The van der Waals surface area contributed by atoms with Crippen LogP contribution in [-0.4, -0.2) is 18.9 Å². The van der Waals surface area contributed by atoms with E-state index in [1.807, 2.05) is 6.07 Å². The molecule has 2 saturated carbocycles. The molecule has 3 rings (SSSR count). The van der Waals surface area contributed by atoms with Crippen molar-refractivity contribution in [1.29, 1.82) is 0 Å². The Morgan fingerprint density at radius 3 is 2.26 bits per heavy atom. The summed E-state index contributed by atoms with van der Waals surface area (Å²) in [5.74, 6) is 0.912. The Labute approximate surface area is 113 Å². The number of carbonyl (C=O) groups excluding carboxylic acids is 1. The van der Waals surface area contributed by atoms with Gasteiger partial charge >= 0.3 is 0 Å². The lowest BCUT2D eigenvalue weighted by molar-refractivity contribution is 0.101. The fourth-order valence-corrected chi connectivity index (χ4v) is 2.62. The Hall–Kier alpha value is -1.38. The van der Waals surface area contributed by atoms with E-state index in [4.69, 9.17) is 0 Å². The highest BCUT2D eigenvalue weighted by atomic mass is 19.1. The van der Waals surface area contributed by atoms with Crippen molar-refractivity contribution in [2.45, 2.75) is 32.6 Å². The molecule has 0 N–H and O–H groups in total. The van der Waals surface area contributed by atoms with E-state index in [-0.39, 0.29) is 17.2 Å². The van der Waals surface area contributed by atoms with Crippen LogP contribution in [0.5, 0.6) is 0 Å². The summed E-state index contributed by atoms with van der Waals surface area (Å²) in [6.07, 6.45) is 5.08. The highest BCUT2D eigenvalue weighted by molar-refractivity contribution is 6.00. The molecule has 0 radical (unpaired) electrons. The summed E-state index contributed by atoms with van der Waals surface area (Å²) in [4.78, 5) is 14.0. The van der Waals surface area contributed by atoms with Crippen LogP contribution < -0.4 is 4.90 Å². The summed E-state index contributed by atoms with van der Waals surface area (Å²) < 4.78 is 13.9. The van der Waals surface area contributed by atoms with Crippen molar-refractivity contribution < 1.29 is 9.18 Å². The second-order valence-electron chi connectivity index (χ2n) is 5.98. The topological polar surface area (TPSA) is 20.3 Å². The predicted octanol–water partition coefficient (Wildman–Crippen LogP) is 3.65.